The van der Waals surface area contributed by atoms with Gasteiger partial charge in [0.15, 0.2) is 0 Å². The molecule has 1 unspecified atom stereocenters. The van der Waals surface area contributed by atoms with E-state index in [2.05, 4.69) is 46.8 Å². The van der Waals surface area contributed by atoms with Crippen LogP contribution < -0.4 is 5.32 Å². The monoisotopic (exact) mass is 276 g/mol. The van der Waals surface area contributed by atoms with Crippen LogP contribution >= 0.6 is 0 Å². The van der Waals surface area contributed by atoms with Crippen LogP contribution in [0.1, 0.15) is 45.0 Å². The fourth-order valence-electron chi connectivity index (χ4n) is 3.55. The van der Waals surface area contributed by atoms with Gasteiger partial charge in [0, 0.05) is 38.3 Å². The summed E-state index contributed by atoms with van der Waals surface area (Å²) in [5.41, 5.74) is 2.94. The fraction of sp³-hybridized carbons (Fsp3) is 0.812. The van der Waals surface area contributed by atoms with Gasteiger partial charge in [-0.2, -0.15) is 5.10 Å². The van der Waals surface area contributed by atoms with E-state index in [-0.39, 0.29) is 0 Å². The van der Waals surface area contributed by atoms with Gasteiger partial charge in [-0.15, -0.1) is 0 Å². The van der Waals surface area contributed by atoms with Crippen LogP contribution in [0.2, 0.25) is 0 Å². The van der Waals surface area contributed by atoms with Crippen molar-refractivity contribution >= 4 is 0 Å². The summed E-state index contributed by atoms with van der Waals surface area (Å²) in [6, 6.07) is 2.29. The zero-order chi connectivity index (χ0) is 14.2. The summed E-state index contributed by atoms with van der Waals surface area (Å²) in [5, 5.41) is 8.42. The molecule has 1 saturated heterocycles. The Balaban J connectivity index is 1.69. The molecule has 0 bridgehead atoms. The summed E-state index contributed by atoms with van der Waals surface area (Å²) < 4.78 is 2.18. The minimum atomic E-state index is 0.336. The van der Waals surface area contributed by atoms with Crippen molar-refractivity contribution in [1.29, 1.82) is 0 Å². The fourth-order valence-corrected chi connectivity index (χ4v) is 3.55. The van der Waals surface area contributed by atoms with Gasteiger partial charge in [-0.1, -0.05) is 6.92 Å². The summed E-state index contributed by atoms with van der Waals surface area (Å²) in [6.07, 6.45) is 3.84. The number of nitrogens with one attached hydrogen (secondary N) is 1. The Morgan fingerprint density at radius 2 is 2.20 bits per heavy atom. The molecule has 1 atom stereocenters. The zero-order valence-electron chi connectivity index (χ0n) is 13.2. The maximum absolute atomic E-state index is 4.67. The van der Waals surface area contributed by atoms with E-state index in [0.717, 1.165) is 38.5 Å². The van der Waals surface area contributed by atoms with E-state index in [9.17, 15) is 0 Å². The van der Waals surface area contributed by atoms with Gasteiger partial charge in [0.25, 0.3) is 0 Å². The third kappa shape index (κ3) is 2.77. The Labute approximate surface area is 122 Å². The summed E-state index contributed by atoms with van der Waals surface area (Å²) in [5.74, 6) is 0.896. The molecule has 2 aliphatic rings. The molecule has 0 radical (unpaired) electrons. The second-order valence-corrected chi connectivity index (χ2v) is 6.63. The van der Waals surface area contributed by atoms with Gasteiger partial charge < -0.3 is 5.32 Å². The summed E-state index contributed by atoms with van der Waals surface area (Å²) >= 11 is 0. The van der Waals surface area contributed by atoms with Gasteiger partial charge in [-0.3, -0.25) is 9.58 Å². The lowest BCUT2D eigenvalue weighted by molar-refractivity contribution is 0.119. The SMILES string of the molecule is CCc1cc(CN2CCNC(C)(C3CC3)C2)n(CC)n1. The van der Waals surface area contributed by atoms with Crippen LogP contribution in [0, 0.1) is 5.92 Å². The molecule has 0 aromatic carbocycles. The second kappa shape index (κ2) is 5.49. The number of hydrogen-bond donors (Lipinski definition) is 1. The van der Waals surface area contributed by atoms with Crippen molar-refractivity contribution in [2.75, 3.05) is 19.6 Å². The molecule has 1 N–H and O–H groups in total. The van der Waals surface area contributed by atoms with Crippen LogP contribution in [0.15, 0.2) is 6.07 Å². The molecule has 2 fully saturated rings. The molecule has 1 saturated carbocycles. The predicted molar refractivity (Wildman–Crippen MR) is 81.7 cm³/mol. The van der Waals surface area contributed by atoms with Crippen LogP contribution in [-0.4, -0.2) is 39.9 Å². The first kappa shape index (κ1) is 14.1. The first-order chi connectivity index (χ1) is 9.64. The highest BCUT2D eigenvalue weighted by Gasteiger charge is 2.43. The third-order valence-electron chi connectivity index (χ3n) is 4.95. The summed E-state index contributed by atoms with van der Waals surface area (Å²) in [4.78, 5) is 2.61. The third-order valence-corrected chi connectivity index (χ3v) is 4.95. The highest BCUT2D eigenvalue weighted by atomic mass is 15.3. The van der Waals surface area contributed by atoms with Crippen LogP contribution in [-0.2, 0) is 19.5 Å². The van der Waals surface area contributed by atoms with Crippen molar-refractivity contribution in [2.45, 2.75) is 58.7 Å². The number of hydrogen-bond acceptors (Lipinski definition) is 3. The van der Waals surface area contributed by atoms with Gasteiger partial charge in [-0.05, 0) is 45.1 Å². The lowest BCUT2D eigenvalue weighted by Gasteiger charge is -2.42. The van der Waals surface area contributed by atoms with E-state index in [4.69, 9.17) is 0 Å². The first-order valence-corrected chi connectivity index (χ1v) is 8.17. The molecule has 2 heterocycles. The highest BCUT2D eigenvalue weighted by Crippen LogP contribution is 2.40. The van der Waals surface area contributed by atoms with Gasteiger partial charge >= 0.3 is 0 Å². The topological polar surface area (TPSA) is 33.1 Å². The molecule has 112 valence electrons. The molecule has 20 heavy (non-hydrogen) atoms. The maximum atomic E-state index is 4.67. The molecule has 1 aromatic heterocycles. The Morgan fingerprint density at radius 1 is 1.40 bits per heavy atom. The van der Waals surface area contributed by atoms with Crippen molar-refractivity contribution in [3.63, 3.8) is 0 Å². The van der Waals surface area contributed by atoms with Crippen molar-refractivity contribution < 1.29 is 0 Å². The zero-order valence-corrected chi connectivity index (χ0v) is 13.2. The molecular weight excluding hydrogens is 248 g/mol. The Morgan fingerprint density at radius 3 is 2.85 bits per heavy atom. The number of nitrogens with zero attached hydrogens (tertiary/aromatic N) is 3. The first-order valence-electron chi connectivity index (χ1n) is 8.17. The van der Waals surface area contributed by atoms with Gasteiger partial charge in [0.05, 0.1) is 11.4 Å². The molecule has 0 spiro atoms. The van der Waals surface area contributed by atoms with Crippen LogP contribution in [0.25, 0.3) is 0 Å². The van der Waals surface area contributed by atoms with E-state index in [0.29, 0.717) is 5.54 Å². The van der Waals surface area contributed by atoms with Crippen molar-refractivity contribution in [2.24, 2.45) is 5.92 Å². The highest BCUT2D eigenvalue weighted by molar-refractivity contribution is 5.11. The standard InChI is InChI=1S/C16H28N4/c1-4-14-10-15(20(5-2)18-14)11-19-9-8-17-16(3,12-19)13-6-7-13/h10,13,17H,4-9,11-12H2,1-3H3. The van der Waals surface area contributed by atoms with E-state index in [1.54, 1.807) is 0 Å². The lowest BCUT2D eigenvalue weighted by atomic mass is 9.93. The minimum absolute atomic E-state index is 0.336. The molecular formula is C16H28N4. The second-order valence-electron chi connectivity index (χ2n) is 6.63. The molecule has 1 aliphatic heterocycles. The molecule has 1 aromatic rings. The molecule has 0 amide bonds. The Bertz CT molecular complexity index is 463. The number of aromatic nitrogens is 2. The Kier molecular flexibility index (Phi) is 3.87. The van der Waals surface area contributed by atoms with E-state index < -0.39 is 0 Å². The number of rotatable bonds is 5. The number of aryl methyl sites for hydroxylation is 2. The average molecular weight is 276 g/mol. The predicted octanol–water partition coefficient (Wildman–Crippen LogP) is 2.04. The lowest BCUT2D eigenvalue weighted by Crippen LogP contribution is -2.59. The van der Waals surface area contributed by atoms with E-state index >= 15 is 0 Å². The molecule has 3 rings (SSSR count). The molecule has 4 heteroatoms. The average Bonchev–Trinajstić information content (AvgIpc) is 3.22. The van der Waals surface area contributed by atoms with Crippen LogP contribution in [0.4, 0.5) is 0 Å². The Hall–Kier alpha value is -0.870. The normalized spacial score (nSPS) is 27.9. The quantitative estimate of drug-likeness (QED) is 0.893. The van der Waals surface area contributed by atoms with E-state index in [1.807, 2.05) is 0 Å². The summed E-state index contributed by atoms with van der Waals surface area (Å²) in [7, 11) is 0. The van der Waals surface area contributed by atoms with Gasteiger partial charge in [0.2, 0.25) is 0 Å². The summed E-state index contributed by atoms with van der Waals surface area (Å²) in [6.45, 7) is 12.2. The maximum Gasteiger partial charge on any atom is 0.0625 e. The van der Waals surface area contributed by atoms with Crippen molar-refractivity contribution in [3.05, 3.63) is 17.5 Å². The van der Waals surface area contributed by atoms with Crippen LogP contribution in [0.3, 0.4) is 0 Å². The largest absolute Gasteiger partial charge is 0.309 e. The van der Waals surface area contributed by atoms with E-state index in [1.165, 1.54) is 30.8 Å². The van der Waals surface area contributed by atoms with Crippen molar-refractivity contribution in [3.8, 4) is 0 Å². The van der Waals surface area contributed by atoms with Crippen LogP contribution in [0.5, 0.6) is 0 Å². The minimum Gasteiger partial charge on any atom is -0.309 e. The van der Waals surface area contributed by atoms with Gasteiger partial charge in [-0.25, -0.2) is 0 Å². The van der Waals surface area contributed by atoms with Crippen molar-refractivity contribution in [1.82, 2.24) is 20.0 Å². The molecule has 1 aliphatic carbocycles. The molecule has 4 nitrogen and oxygen atoms in total. The number of piperazine rings is 1. The smallest absolute Gasteiger partial charge is 0.0625 e. The van der Waals surface area contributed by atoms with Gasteiger partial charge in [0.1, 0.15) is 0 Å².